The maximum Gasteiger partial charge on any atom is 0.407 e. The third-order valence-corrected chi connectivity index (χ3v) is 3.77. The van der Waals surface area contributed by atoms with E-state index in [-0.39, 0.29) is 5.41 Å². The summed E-state index contributed by atoms with van der Waals surface area (Å²) >= 11 is 0. The first-order valence-electron chi connectivity index (χ1n) is 7.70. The van der Waals surface area contributed by atoms with Crippen molar-refractivity contribution in [1.82, 2.24) is 5.32 Å². The van der Waals surface area contributed by atoms with Crippen molar-refractivity contribution in [3.8, 4) is 0 Å². The van der Waals surface area contributed by atoms with Gasteiger partial charge in [-0.2, -0.15) is 0 Å². The zero-order valence-corrected chi connectivity index (χ0v) is 13.8. The maximum absolute atomic E-state index is 11.8. The largest absolute Gasteiger partial charge is 0.444 e. The number of hydrogen-bond acceptors (Lipinski definition) is 4. The minimum atomic E-state index is -0.817. The standard InChI is InChI=1S/C17H24N2O4/c1-16(2,3)23-15(21)19-11-17(9-10-17)13(22-14(18)20)12-7-5-4-6-8-12/h4-8,13H,9-11H2,1-3H3,(H2,18,20)(H,19,21). The predicted molar refractivity (Wildman–Crippen MR) is 85.8 cm³/mol. The summed E-state index contributed by atoms with van der Waals surface area (Å²) in [5, 5.41) is 2.77. The molecule has 0 aliphatic heterocycles. The number of nitrogens with one attached hydrogen (secondary N) is 1. The number of carbonyl (C=O) groups is 2. The fourth-order valence-electron chi connectivity index (χ4n) is 2.55. The van der Waals surface area contributed by atoms with E-state index in [0.29, 0.717) is 6.54 Å². The lowest BCUT2D eigenvalue weighted by atomic mass is 9.92. The van der Waals surface area contributed by atoms with Gasteiger partial charge >= 0.3 is 12.2 Å². The number of hydrogen-bond donors (Lipinski definition) is 2. The van der Waals surface area contributed by atoms with Gasteiger partial charge in [-0.1, -0.05) is 30.3 Å². The molecule has 0 radical (unpaired) electrons. The van der Waals surface area contributed by atoms with Crippen LogP contribution in [0.3, 0.4) is 0 Å². The Morgan fingerprint density at radius 2 is 1.87 bits per heavy atom. The van der Waals surface area contributed by atoms with Crippen molar-refractivity contribution in [2.24, 2.45) is 11.1 Å². The average Bonchev–Trinajstić information content (AvgIpc) is 3.23. The van der Waals surface area contributed by atoms with E-state index in [1.54, 1.807) is 0 Å². The molecular weight excluding hydrogens is 296 g/mol. The van der Waals surface area contributed by atoms with E-state index >= 15 is 0 Å². The highest BCUT2D eigenvalue weighted by atomic mass is 16.6. The maximum atomic E-state index is 11.8. The molecule has 23 heavy (non-hydrogen) atoms. The SMILES string of the molecule is CC(C)(C)OC(=O)NCC1(C(OC(N)=O)c2ccccc2)CC1. The Labute approximate surface area is 136 Å². The van der Waals surface area contributed by atoms with Crippen molar-refractivity contribution in [3.05, 3.63) is 35.9 Å². The highest BCUT2D eigenvalue weighted by Crippen LogP contribution is 2.56. The summed E-state index contributed by atoms with van der Waals surface area (Å²) in [6.07, 6.45) is -0.0844. The summed E-state index contributed by atoms with van der Waals surface area (Å²) in [7, 11) is 0. The molecule has 1 atom stereocenters. The Morgan fingerprint density at radius 1 is 1.26 bits per heavy atom. The van der Waals surface area contributed by atoms with Gasteiger partial charge in [0.25, 0.3) is 0 Å². The van der Waals surface area contributed by atoms with Crippen LogP contribution in [0.15, 0.2) is 30.3 Å². The lowest BCUT2D eigenvalue weighted by Gasteiger charge is -2.27. The quantitative estimate of drug-likeness (QED) is 0.872. The molecule has 3 N–H and O–H groups in total. The molecule has 1 aliphatic rings. The Morgan fingerprint density at radius 3 is 2.35 bits per heavy atom. The highest BCUT2D eigenvalue weighted by Gasteiger charge is 2.52. The summed E-state index contributed by atoms with van der Waals surface area (Å²) in [4.78, 5) is 23.1. The second-order valence-corrected chi connectivity index (χ2v) is 6.95. The lowest BCUT2D eigenvalue weighted by Crippen LogP contribution is -2.38. The number of primary amides is 1. The topological polar surface area (TPSA) is 90.7 Å². The second-order valence-electron chi connectivity index (χ2n) is 6.95. The molecule has 6 heteroatoms. The van der Waals surface area contributed by atoms with E-state index in [2.05, 4.69) is 5.32 Å². The third-order valence-electron chi connectivity index (χ3n) is 3.77. The molecule has 2 rings (SSSR count). The predicted octanol–water partition coefficient (Wildman–Crippen LogP) is 3.13. The van der Waals surface area contributed by atoms with Gasteiger partial charge in [-0.15, -0.1) is 0 Å². The van der Waals surface area contributed by atoms with Gasteiger partial charge in [-0.25, -0.2) is 9.59 Å². The normalized spacial score (nSPS) is 17.0. The van der Waals surface area contributed by atoms with Gasteiger partial charge in [0.2, 0.25) is 0 Å². The molecule has 0 heterocycles. The molecule has 126 valence electrons. The van der Waals surface area contributed by atoms with Crippen LogP contribution >= 0.6 is 0 Å². The van der Waals surface area contributed by atoms with Crippen LogP contribution in [0.2, 0.25) is 0 Å². The molecule has 1 unspecified atom stereocenters. The minimum absolute atomic E-state index is 0.326. The van der Waals surface area contributed by atoms with Crippen LogP contribution in [-0.2, 0) is 9.47 Å². The number of ether oxygens (including phenoxy) is 2. The lowest BCUT2D eigenvalue weighted by molar-refractivity contribution is 0.0408. The molecule has 1 saturated carbocycles. The minimum Gasteiger partial charge on any atom is -0.444 e. The van der Waals surface area contributed by atoms with Crippen LogP contribution in [0.4, 0.5) is 9.59 Å². The molecular formula is C17H24N2O4. The van der Waals surface area contributed by atoms with Crippen molar-refractivity contribution in [3.63, 3.8) is 0 Å². The van der Waals surface area contributed by atoms with Crippen LogP contribution in [0.5, 0.6) is 0 Å². The van der Waals surface area contributed by atoms with Gasteiger partial charge < -0.3 is 20.5 Å². The number of nitrogens with two attached hydrogens (primary N) is 1. The Kier molecular flexibility index (Phi) is 4.82. The molecule has 0 spiro atoms. The Bertz CT molecular complexity index is 562. The summed E-state index contributed by atoms with van der Waals surface area (Å²) < 4.78 is 10.6. The zero-order chi connectivity index (χ0) is 17.1. The molecule has 1 aromatic rings. The summed E-state index contributed by atoms with van der Waals surface area (Å²) in [5.74, 6) is 0. The first kappa shape index (κ1) is 17.1. The highest BCUT2D eigenvalue weighted by molar-refractivity contribution is 5.68. The summed E-state index contributed by atoms with van der Waals surface area (Å²) in [6, 6.07) is 9.43. The van der Waals surface area contributed by atoms with Crippen molar-refractivity contribution >= 4 is 12.2 Å². The fraction of sp³-hybridized carbons (Fsp3) is 0.529. The fourth-order valence-corrected chi connectivity index (χ4v) is 2.55. The Balaban J connectivity index is 2.06. The monoisotopic (exact) mass is 320 g/mol. The average molecular weight is 320 g/mol. The second kappa shape index (κ2) is 6.48. The van der Waals surface area contributed by atoms with E-state index < -0.39 is 23.9 Å². The van der Waals surface area contributed by atoms with Crippen molar-refractivity contribution in [2.75, 3.05) is 6.54 Å². The van der Waals surface area contributed by atoms with Crippen molar-refractivity contribution in [1.29, 1.82) is 0 Å². The van der Waals surface area contributed by atoms with Gasteiger partial charge in [0.05, 0.1) is 0 Å². The Hall–Kier alpha value is -2.24. The van der Waals surface area contributed by atoms with Crippen LogP contribution in [0.1, 0.15) is 45.3 Å². The molecule has 0 saturated heterocycles. The van der Waals surface area contributed by atoms with E-state index in [9.17, 15) is 9.59 Å². The van der Waals surface area contributed by atoms with Crippen LogP contribution in [0.25, 0.3) is 0 Å². The molecule has 0 bridgehead atoms. The molecule has 2 amide bonds. The zero-order valence-electron chi connectivity index (χ0n) is 13.8. The smallest absolute Gasteiger partial charge is 0.407 e. The van der Waals surface area contributed by atoms with Gasteiger partial charge in [0.1, 0.15) is 11.7 Å². The van der Waals surface area contributed by atoms with E-state index in [0.717, 1.165) is 18.4 Å². The molecule has 1 aliphatic carbocycles. The van der Waals surface area contributed by atoms with E-state index in [1.807, 2.05) is 51.1 Å². The van der Waals surface area contributed by atoms with E-state index in [4.69, 9.17) is 15.2 Å². The van der Waals surface area contributed by atoms with Crippen LogP contribution in [-0.4, -0.2) is 24.3 Å². The van der Waals surface area contributed by atoms with E-state index in [1.165, 1.54) is 0 Å². The number of alkyl carbamates (subject to hydrolysis) is 1. The summed E-state index contributed by atoms with van der Waals surface area (Å²) in [5.41, 5.74) is 5.21. The number of amides is 2. The third kappa shape index (κ3) is 4.87. The van der Waals surface area contributed by atoms with Gasteiger partial charge in [-0.05, 0) is 39.2 Å². The first-order valence-corrected chi connectivity index (χ1v) is 7.70. The number of benzene rings is 1. The van der Waals surface area contributed by atoms with Crippen LogP contribution < -0.4 is 11.1 Å². The van der Waals surface area contributed by atoms with Crippen LogP contribution in [0, 0.1) is 5.41 Å². The van der Waals surface area contributed by atoms with Crippen molar-refractivity contribution < 1.29 is 19.1 Å². The van der Waals surface area contributed by atoms with Crippen molar-refractivity contribution in [2.45, 2.75) is 45.3 Å². The molecule has 0 aromatic heterocycles. The molecule has 1 aromatic carbocycles. The van der Waals surface area contributed by atoms with Gasteiger partial charge in [-0.3, -0.25) is 0 Å². The van der Waals surface area contributed by atoms with Gasteiger partial charge in [0, 0.05) is 12.0 Å². The summed E-state index contributed by atoms with van der Waals surface area (Å²) in [6.45, 7) is 5.79. The number of rotatable bonds is 5. The molecule has 6 nitrogen and oxygen atoms in total. The molecule has 1 fully saturated rings. The van der Waals surface area contributed by atoms with Gasteiger partial charge in [0.15, 0.2) is 0 Å². The first-order chi connectivity index (χ1) is 10.7. The number of carbonyl (C=O) groups excluding carboxylic acids is 2.